The lowest BCUT2D eigenvalue weighted by Gasteiger charge is -2.15. The van der Waals surface area contributed by atoms with Crippen molar-refractivity contribution in [3.63, 3.8) is 0 Å². The Kier molecular flexibility index (Phi) is 4.32. The smallest absolute Gasteiger partial charge is 0.382 e. The summed E-state index contributed by atoms with van der Waals surface area (Å²) in [6, 6.07) is 2.41. The van der Waals surface area contributed by atoms with Crippen LogP contribution in [0.4, 0.5) is 17.6 Å². The Bertz CT molecular complexity index is 622. The van der Waals surface area contributed by atoms with Gasteiger partial charge in [-0.05, 0) is 24.1 Å². The van der Waals surface area contributed by atoms with Crippen molar-refractivity contribution in [3.05, 3.63) is 53.4 Å². The number of aryl methyl sites for hydroxylation is 1. The molecule has 1 aromatic carbocycles. The molecule has 0 spiro atoms. The third kappa shape index (κ3) is 3.24. The molecule has 0 bridgehead atoms. The van der Waals surface area contributed by atoms with E-state index in [0.717, 1.165) is 12.5 Å². The van der Waals surface area contributed by atoms with Gasteiger partial charge < -0.3 is 9.67 Å². The van der Waals surface area contributed by atoms with Crippen molar-refractivity contribution >= 4 is 0 Å². The molecule has 0 radical (unpaired) electrons. The Labute approximate surface area is 118 Å². The predicted octanol–water partition coefficient (Wildman–Crippen LogP) is 3.53. The number of aliphatic hydroxyl groups excluding tert-OH is 1. The van der Waals surface area contributed by atoms with Crippen molar-refractivity contribution in [3.8, 4) is 0 Å². The zero-order valence-corrected chi connectivity index (χ0v) is 11.2. The first-order valence-electron chi connectivity index (χ1n) is 6.39. The molecule has 0 aliphatic heterocycles. The highest BCUT2D eigenvalue weighted by molar-refractivity contribution is 5.31. The molecule has 1 atom stereocenters. The minimum Gasteiger partial charge on any atom is -0.382 e. The summed E-state index contributed by atoms with van der Waals surface area (Å²) >= 11 is 0. The van der Waals surface area contributed by atoms with Crippen LogP contribution in [0.15, 0.2) is 30.7 Å². The molecular formula is C14H14F4N2O. The van der Waals surface area contributed by atoms with Crippen LogP contribution in [0.3, 0.4) is 0 Å². The third-order valence-electron chi connectivity index (χ3n) is 3.10. The van der Waals surface area contributed by atoms with E-state index in [4.69, 9.17) is 0 Å². The van der Waals surface area contributed by atoms with E-state index < -0.39 is 23.7 Å². The fourth-order valence-corrected chi connectivity index (χ4v) is 2.09. The number of halogens is 4. The maximum absolute atomic E-state index is 13.5. The highest BCUT2D eigenvalue weighted by Crippen LogP contribution is 2.33. The van der Waals surface area contributed by atoms with Crippen LogP contribution in [0.25, 0.3) is 0 Å². The van der Waals surface area contributed by atoms with Crippen LogP contribution in [0.2, 0.25) is 0 Å². The molecule has 0 saturated heterocycles. The number of alkyl halides is 3. The van der Waals surface area contributed by atoms with Crippen molar-refractivity contribution in [2.75, 3.05) is 0 Å². The fourth-order valence-electron chi connectivity index (χ4n) is 2.09. The zero-order valence-electron chi connectivity index (χ0n) is 11.2. The number of aliphatic hydroxyl groups is 1. The maximum Gasteiger partial charge on any atom is 0.419 e. The first-order valence-corrected chi connectivity index (χ1v) is 6.39. The van der Waals surface area contributed by atoms with Crippen molar-refractivity contribution in [1.82, 2.24) is 9.55 Å². The van der Waals surface area contributed by atoms with E-state index in [-0.39, 0.29) is 5.56 Å². The van der Waals surface area contributed by atoms with Crippen LogP contribution in [-0.4, -0.2) is 14.7 Å². The second-order valence-electron chi connectivity index (χ2n) is 4.65. The quantitative estimate of drug-likeness (QED) is 0.877. The monoisotopic (exact) mass is 302 g/mol. The van der Waals surface area contributed by atoms with Crippen molar-refractivity contribution in [2.24, 2.45) is 0 Å². The summed E-state index contributed by atoms with van der Waals surface area (Å²) in [6.45, 7) is 2.55. The molecule has 0 fully saturated rings. The van der Waals surface area contributed by atoms with Gasteiger partial charge in [0.2, 0.25) is 0 Å². The number of hydrogen-bond donors (Lipinski definition) is 1. The van der Waals surface area contributed by atoms with Crippen molar-refractivity contribution < 1.29 is 22.7 Å². The van der Waals surface area contributed by atoms with Gasteiger partial charge in [0.25, 0.3) is 0 Å². The molecular weight excluding hydrogens is 288 g/mol. The van der Waals surface area contributed by atoms with Gasteiger partial charge in [0.15, 0.2) is 0 Å². The van der Waals surface area contributed by atoms with E-state index in [1.807, 2.05) is 6.92 Å². The topological polar surface area (TPSA) is 38.0 Å². The van der Waals surface area contributed by atoms with E-state index in [2.05, 4.69) is 4.98 Å². The number of benzene rings is 1. The van der Waals surface area contributed by atoms with Gasteiger partial charge in [0.05, 0.1) is 23.8 Å². The summed E-state index contributed by atoms with van der Waals surface area (Å²) in [6.07, 6.45) is -2.25. The van der Waals surface area contributed by atoms with Crippen LogP contribution in [0.1, 0.15) is 36.3 Å². The molecule has 2 rings (SSSR count). The van der Waals surface area contributed by atoms with Crippen LogP contribution < -0.4 is 0 Å². The van der Waals surface area contributed by atoms with Gasteiger partial charge in [0, 0.05) is 6.54 Å². The fraction of sp³-hybridized carbons (Fsp3) is 0.357. The van der Waals surface area contributed by atoms with Crippen LogP contribution >= 0.6 is 0 Å². The van der Waals surface area contributed by atoms with E-state index in [1.54, 1.807) is 4.57 Å². The summed E-state index contributed by atoms with van der Waals surface area (Å²) in [5.74, 6) is -1.40. The van der Waals surface area contributed by atoms with Crippen LogP contribution in [0, 0.1) is 5.82 Å². The van der Waals surface area contributed by atoms with E-state index in [9.17, 15) is 22.7 Å². The summed E-state index contributed by atoms with van der Waals surface area (Å²) < 4.78 is 52.7. The Morgan fingerprint density at radius 2 is 2.05 bits per heavy atom. The molecule has 0 saturated carbocycles. The van der Waals surface area contributed by atoms with Gasteiger partial charge in [-0.25, -0.2) is 9.37 Å². The summed E-state index contributed by atoms with van der Waals surface area (Å²) in [5, 5.41) is 10.2. The van der Waals surface area contributed by atoms with Gasteiger partial charge in [-0.3, -0.25) is 0 Å². The van der Waals surface area contributed by atoms with E-state index in [1.165, 1.54) is 12.5 Å². The molecule has 21 heavy (non-hydrogen) atoms. The number of rotatable bonds is 4. The molecule has 0 aliphatic rings. The second kappa shape index (κ2) is 5.85. The predicted molar refractivity (Wildman–Crippen MR) is 68.0 cm³/mol. The molecule has 3 nitrogen and oxygen atoms in total. The number of aromatic nitrogens is 2. The molecule has 7 heteroatoms. The molecule has 1 N–H and O–H groups in total. The maximum atomic E-state index is 13.5. The first kappa shape index (κ1) is 15.5. The largest absolute Gasteiger partial charge is 0.419 e. The van der Waals surface area contributed by atoms with E-state index in [0.29, 0.717) is 24.4 Å². The molecule has 1 heterocycles. The molecule has 114 valence electrons. The standard InChI is InChI=1S/C14H14F4N2O/c1-2-5-20-8-19-7-12(20)13(21)9-3-4-10(11(15)6-9)14(16,17)18/h3-4,6-8,13,21H,2,5H2,1H3. The van der Waals surface area contributed by atoms with Gasteiger partial charge in [0.1, 0.15) is 11.9 Å². The highest BCUT2D eigenvalue weighted by atomic mass is 19.4. The average molecular weight is 302 g/mol. The summed E-state index contributed by atoms with van der Waals surface area (Å²) in [7, 11) is 0. The van der Waals surface area contributed by atoms with Crippen molar-refractivity contribution in [1.29, 1.82) is 0 Å². The zero-order chi connectivity index (χ0) is 15.6. The first-order chi connectivity index (χ1) is 9.84. The Morgan fingerprint density at radius 1 is 1.33 bits per heavy atom. The number of imidazole rings is 1. The molecule has 0 aliphatic carbocycles. The van der Waals surface area contributed by atoms with Gasteiger partial charge in [-0.15, -0.1) is 0 Å². The highest BCUT2D eigenvalue weighted by Gasteiger charge is 2.34. The van der Waals surface area contributed by atoms with Crippen LogP contribution in [-0.2, 0) is 12.7 Å². The minimum atomic E-state index is -4.75. The second-order valence-corrected chi connectivity index (χ2v) is 4.65. The van der Waals surface area contributed by atoms with Crippen LogP contribution in [0.5, 0.6) is 0 Å². The molecule has 2 aromatic rings. The van der Waals surface area contributed by atoms with Gasteiger partial charge in [-0.2, -0.15) is 13.2 Å². The normalized spacial score (nSPS) is 13.4. The van der Waals surface area contributed by atoms with Gasteiger partial charge in [-0.1, -0.05) is 13.0 Å². The van der Waals surface area contributed by atoms with Gasteiger partial charge >= 0.3 is 6.18 Å². The Morgan fingerprint density at radius 3 is 2.62 bits per heavy atom. The average Bonchev–Trinajstić information content (AvgIpc) is 2.85. The third-order valence-corrected chi connectivity index (χ3v) is 3.10. The molecule has 1 unspecified atom stereocenters. The molecule has 1 aromatic heterocycles. The minimum absolute atomic E-state index is 0.0540. The lowest BCUT2D eigenvalue weighted by atomic mass is 10.0. The Balaban J connectivity index is 2.34. The number of nitrogens with zero attached hydrogens (tertiary/aromatic N) is 2. The molecule has 0 amide bonds. The summed E-state index contributed by atoms with van der Waals surface area (Å²) in [5.41, 5.74) is -0.880. The van der Waals surface area contributed by atoms with Crippen molar-refractivity contribution in [2.45, 2.75) is 32.2 Å². The van der Waals surface area contributed by atoms with E-state index >= 15 is 0 Å². The lowest BCUT2D eigenvalue weighted by molar-refractivity contribution is -0.140. The Hall–Kier alpha value is -1.89. The SMILES string of the molecule is CCCn1cncc1C(O)c1ccc(C(F)(F)F)c(F)c1. The lowest BCUT2D eigenvalue weighted by Crippen LogP contribution is -2.11. The number of hydrogen-bond acceptors (Lipinski definition) is 2. The summed E-state index contributed by atoms with van der Waals surface area (Å²) in [4.78, 5) is 3.90.